The Balaban J connectivity index is 1.97. The minimum absolute atomic E-state index is 0.0309. The van der Waals surface area contributed by atoms with Crippen LogP contribution in [0.1, 0.15) is 32.6 Å². The SMILES string of the molecule is CC1CCCC(CO)(NC(=O)C2CSC(=O)N2)C1. The molecule has 2 rings (SSSR count). The van der Waals surface area contributed by atoms with E-state index in [9.17, 15) is 14.7 Å². The Labute approximate surface area is 111 Å². The lowest BCUT2D eigenvalue weighted by Crippen LogP contribution is -2.58. The Morgan fingerprint density at radius 1 is 1.67 bits per heavy atom. The van der Waals surface area contributed by atoms with Gasteiger partial charge in [0.05, 0.1) is 12.1 Å². The van der Waals surface area contributed by atoms with Crippen molar-refractivity contribution in [3.8, 4) is 0 Å². The largest absolute Gasteiger partial charge is 0.394 e. The maximum Gasteiger partial charge on any atom is 0.279 e. The summed E-state index contributed by atoms with van der Waals surface area (Å²) in [4.78, 5) is 23.2. The normalized spacial score (nSPS) is 36.2. The first-order valence-electron chi connectivity index (χ1n) is 6.41. The van der Waals surface area contributed by atoms with Crippen molar-refractivity contribution in [3.05, 3.63) is 0 Å². The lowest BCUT2D eigenvalue weighted by Gasteiger charge is -2.39. The van der Waals surface area contributed by atoms with Crippen LogP contribution in [0.15, 0.2) is 0 Å². The van der Waals surface area contributed by atoms with Gasteiger partial charge in [0.2, 0.25) is 5.91 Å². The molecule has 0 spiro atoms. The van der Waals surface area contributed by atoms with Crippen LogP contribution in [-0.4, -0.2) is 40.2 Å². The van der Waals surface area contributed by atoms with E-state index < -0.39 is 11.6 Å². The van der Waals surface area contributed by atoms with Crippen LogP contribution in [0, 0.1) is 5.92 Å². The maximum atomic E-state index is 12.1. The molecule has 1 saturated heterocycles. The number of hydrogen-bond acceptors (Lipinski definition) is 4. The number of amides is 2. The standard InChI is InChI=1S/C12H20N2O3S/c1-8-3-2-4-12(5-8,7-15)14-10(16)9-6-18-11(17)13-9/h8-9,15H,2-7H2,1H3,(H,13,17)(H,14,16). The molecule has 102 valence electrons. The summed E-state index contributed by atoms with van der Waals surface area (Å²) in [5.74, 6) is 0.817. The van der Waals surface area contributed by atoms with Gasteiger partial charge in [0.25, 0.3) is 5.24 Å². The lowest BCUT2D eigenvalue weighted by atomic mass is 9.76. The molecule has 5 nitrogen and oxygen atoms in total. The van der Waals surface area contributed by atoms with Crippen LogP contribution in [0.25, 0.3) is 0 Å². The summed E-state index contributed by atoms with van der Waals surface area (Å²) < 4.78 is 0. The molecule has 0 aromatic heterocycles. The molecule has 1 heterocycles. The van der Waals surface area contributed by atoms with Crippen molar-refractivity contribution in [3.63, 3.8) is 0 Å². The summed E-state index contributed by atoms with van der Waals surface area (Å²) in [6, 6.07) is -0.455. The van der Waals surface area contributed by atoms with Gasteiger partial charge in [-0.1, -0.05) is 31.5 Å². The van der Waals surface area contributed by atoms with Gasteiger partial charge in [0.15, 0.2) is 0 Å². The highest BCUT2D eigenvalue weighted by Gasteiger charge is 2.38. The first-order chi connectivity index (χ1) is 8.54. The zero-order chi connectivity index (χ0) is 13.2. The van der Waals surface area contributed by atoms with Crippen molar-refractivity contribution < 1.29 is 14.7 Å². The fourth-order valence-corrected chi connectivity index (χ4v) is 3.61. The van der Waals surface area contributed by atoms with Gasteiger partial charge in [-0.3, -0.25) is 9.59 Å². The molecule has 3 atom stereocenters. The summed E-state index contributed by atoms with van der Waals surface area (Å²) in [5, 5.41) is 15.0. The molecule has 3 unspecified atom stereocenters. The number of thioether (sulfide) groups is 1. The quantitative estimate of drug-likeness (QED) is 0.712. The Bertz CT molecular complexity index is 350. The third-order valence-corrected chi connectivity index (χ3v) is 4.65. The molecular weight excluding hydrogens is 252 g/mol. The van der Waals surface area contributed by atoms with E-state index in [-0.39, 0.29) is 17.8 Å². The van der Waals surface area contributed by atoms with E-state index in [1.807, 2.05) is 0 Å². The number of hydrogen-bond donors (Lipinski definition) is 3. The van der Waals surface area contributed by atoms with Crippen LogP contribution < -0.4 is 10.6 Å². The number of rotatable bonds is 3. The molecule has 6 heteroatoms. The van der Waals surface area contributed by atoms with Crippen molar-refractivity contribution in [2.24, 2.45) is 5.92 Å². The molecule has 2 aliphatic rings. The van der Waals surface area contributed by atoms with Gasteiger partial charge >= 0.3 is 0 Å². The van der Waals surface area contributed by atoms with Crippen LogP contribution in [0.5, 0.6) is 0 Å². The Morgan fingerprint density at radius 3 is 3.00 bits per heavy atom. The maximum absolute atomic E-state index is 12.1. The van der Waals surface area contributed by atoms with Gasteiger partial charge in [0.1, 0.15) is 6.04 Å². The van der Waals surface area contributed by atoms with Crippen molar-refractivity contribution in [2.75, 3.05) is 12.4 Å². The van der Waals surface area contributed by atoms with Gasteiger partial charge in [0, 0.05) is 5.75 Å². The summed E-state index contributed by atoms with van der Waals surface area (Å²) in [6.45, 7) is 2.11. The summed E-state index contributed by atoms with van der Waals surface area (Å²) in [6.07, 6.45) is 3.79. The third kappa shape index (κ3) is 2.98. The lowest BCUT2D eigenvalue weighted by molar-refractivity contribution is -0.125. The Kier molecular flexibility index (Phi) is 4.17. The average molecular weight is 272 g/mol. The first-order valence-corrected chi connectivity index (χ1v) is 7.39. The van der Waals surface area contributed by atoms with Gasteiger partial charge in [-0.15, -0.1) is 0 Å². The molecule has 0 aromatic carbocycles. The zero-order valence-electron chi connectivity index (χ0n) is 10.6. The smallest absolute Gasteiger partial charge is 0.279 e. The van der Waals surface area contributed by atoms with Crippen molar-refractivity contribution in [2.45, 2.75) is 44.2 Å². The number of carbonyl (C=O) groups is 2. The van der Waals surface area contributed by atoms with E-state index in [1.54, 1.807) is 0 Å². The molecule has 1 saturated carbocycles. The fraction of sp³-hybridized carbons (Fsp3) is 0.833. The van der Waals surface area contributed by atoms with Crippen LogP contribution in [0.2, 0.25) is 0 Å². The van der Waals surface area contributed by atoms with Crippen LogP contribution in [-0.2, 0) is 4.79 Å². The van der Waals surface area contributed by atoms with E-state index in [0.717, 1.165) is 37.4 Å². The fourth-order valence-electron chi connectivity index (χ4n) is 2.83. The highest BCUT2D eigenvalue weighted by molar-refractivity contribution is 8.14. The van der Waals surface area contributed by atoms with Crippen LogP contribution >= 0.6 is 11.8 Å². The minimum atomic E-state index is -0.493. The summed E-state index contributed by atoms with van der Waals surface area (Å²) in [7, 11) is 0. The van der Waals surface area contributed by atoms with Crippen molar-refractivity contribution in [1.82, 2.24) is 10.6 Å². The minimum Gasteiger partial charge on any atom is -0.394 e. The van der Waals surface area contributed by atoms with E-state index in [2.05, 4.69) is 17.6 Å². The number of aliphatic hydroxyl groups excluding tert-OH is 1. The predicted octanol–water partition coefficient (Wildman–Crippen LogP) is 0.869. The second-order valence-electron chi connectivity index (χ2n) is 5.42. The van der Waals surface area contributed by atoms with Gasteiger partial charge in [-0.05, 0) is 18.8 Å². The van der Waals surface area contributed by atoms with E-state index in [4.69, 9.17) is 0 Å². The number of aliphatic hydroxyl groups is 1. The van der Waals surface area contributed by atoms with E-state index in [1.165, 1.54) is 0 Å². The summed E-state index contributed by atoms with van der Waals surface area (Å²) >= 11 is 1.13. The average Bonchev–Trinajstić information content (AvgIpc) is 2.76. The van der Waals surface area contributed by atoms with Gasteiger partial charge < -0.3 is 15.7 Å². The second kappa shape index (κ2) is 5.48. The Morgan fingerprint density at radius 2 is 2.44 bits per heavy atom. The molecule has 1 aliphatic carbocycles. The Hall–Kier alpha value is -0.750. The number of carbonyl (C=O) groups excluding carboxylic acids is 2. The molecule has 0 bridgehead atoms. The molecule has 3 N–H and O–H groups in total. The summed E-state index contributed by atoms with van der Waals surface area (Å²) in [5.41, 5.74) is -0.493. The highest BCUT2D eigenvalue weighted by Crippen LogP contribution is 2.32. The predicted molar refractivity (Wildman–Crippen MR) is 70.4 cm³/mol. The number of nitrogens with one attached hydrogen (secondary N) is 2. The van der Waals surface area contributed by atoms with Crippen LogP contribution in [0.3, 0.4) is 0 Å². The molecule has 18 heavy (non-hydrogen) atoms. The second-order valence-corrected chi connectivity index (χ2v) is 6.42. The van der Waals surface area contributed by atoms with Crippen LogP contribution in [0.4, 0.5) is 4.79 Å². The van der Waals surface area contributed by atoms with Crippen molar-refractivity contribution >= 4 is 22.9 Å². The molecule has 2 fully saturated rings. The van der Waals surface area contributed by atoms with Gasteiger partial charge in [-0.25, -0.2) is 0 Å². The van der Waals surface area contributed by atoms with Crippen molar-refractivity contribution in [1.29, 1.82) is 0 Å². The molecule has 0 radical (unpaired) electrons. The third-order valence-electron chi connectivity index (χ3n) is 3.77. The monoisotopic (exact) mass is 272 g/mol. The van der Waals surface area contributed by atoms with E-state index >= 15 is 0 Å². The first kappa shape index (κ1) is 13.7. The topological polar surface area (TPSA) is 78.4 Å². The molecule has 2 amide bonds. The molecule has 1 aliphatic heterocycles. The van der Waals surface area contributed by atoms with E-state index in [0.29, 0.717) is 11.7 Å². The highest BCUT2D eigenvalue weighted by atomic mass is 32.2. The molecular formula is C12H20N2O3S. The zero-order valence-corrected chi connectivity index (χ0v) is 11.4. The molecule has 0 aromatic rings. The van der Waals surface area contributed by atoms with Gasteiger partial charge in [-0.2, -0.15) is 0 Å².